The molecule has 1 aliphatic rings. The topological polar surface area (TPSA) is 98.7 Å². The van der Waals surface area contributed by atoms with Crippen LogP contribution in [0.2, 0.25) is 0 Å². The molecule has 37 heavy (non-hydrogen) atoms. The number of hydrogen-bond acceptors (Lipinski definition) is 8. The van der Waals surface area contributed by atoms with Gasteiger partial charge >= 0.3 is 0 Å². The highest BCUT2D eigenvalue weighted by molar-refractivity contribution is 6.04. The first-order valence-corrected chi connectivity index (χ1v) is 11.8. The maximum atomic E-state index is 13.7. The molecule has 0 radical (unpaired) electrons. The highest BCUT2D eigenvalue weighted by Gasteiger charge is 2.27. The van der Waals surface area contributed by atoms with Gasteiger partial charge in [-0.25, -0.2) is 0 Å². The van der Waals surface area contributed by atoms with Crippen LogP contribution in [0.4, 0.5) is 20.2 Å². The summed E-state index contributed by atoms with van der Waals surface area (Å²) in [6.45, 7) is 5.98. The summed E-state index contributed by atoms with van der Waals surface area (Å²) < 4.78 is 43.7. The standard InChI is InChI=1S/C26H29F2N5O4/c1-17-4-5-19(30-24(34)18-6-7-29-23(14-18)26(2,27)28)15-20(17)21-16-22(33-8-10-36-11-9-33)25(32-31-21)37-13-12-35-3/h4-7,14-16H,8-13H2,1-3H3,(H,30,34). The van der Waals surface area contributed by atoms with Crippen LogP contribution in [0.3, 0.4) is 0 Å². The highest BCUT2D eigenvalue weighted by Crippen LogP contribution is 2.33. The van der Waals surface area contributed by atoms with E-state index in [1.807, 2.05) is 19.1 Å². The lowest BCUT2D eigenvalue weighted by atomic mass is 10.0. The quantitative estimate of drug-likeness (QED) is 0.428. The Labute approximate surface area is 213 Å². The van der Waals surface area contributed by atoms with Crippen molar-refractivity contribution in [2.45, 2.75) is 19.8 Å². The Kier molecular flexibility index (Phi) is 8.24. The Morgan fingerprint density at radius 2 is 1.92 bits per heavy atom. The van der Waals surface area contributed by atoms with Crippen molar-refractivity contribution in [3.05, 3.63) is 59.4 Å². The van der Waals surface area contributed by atoms with Gasteiger partial charge in [-0.3, -0.25) is 9.78 Å². The Balaban J connectivity index is 1.61. The van der Waals surface area contributed by atoms with Crippen LogP contribution in [0, 0.1) is 6.92 Å². The van der Waals surface area contributed by atoms with E-state index >= 15 is 0 Å². The van der Waals surface area contributed by atoms with Gasteiger partial charge in [-0.1, -0.05) is 6.07 Å². The Morgan fingerprint density at radius 1 is 1.14 bits per heavy atom. The third kappa shape index (κ3) is 6.55. The number of pyridine rings is 1. The van der Waals surface area contributed by atoms with E-state index in [4.69, 9.17) is 14.2 Å². The molecule has 1 amide bonds. The minimum Gasteiger partial charge on any atom is -0.473 e. The van der Waals surface area contributed by atoms with Gasteiger partial charge in [0.2, 0.25) is 0 Å². The van der Waals surface area contributed by atoms with Gasteiger partial charge in [-0.05, 0) is 42.8 Å². The second-order valence-electron chi connectivity index (χ2n) is 8.66. The maximum Gasteiger partial charge on any atom is 0.286 e. The molecule has 11 heteroatoms. The molecule has 1 fully saturated rings. The summed E-state index contributed by atoms with van der Waals surface area (Å²) in [5, 5.41) is 11.5. The molecule has 0 saturated carbocycles. The molecule has 0 unspecified atom stereocenters. The lowest BCUT2D eigenvalue weighted by Gasteiger charge is -2.29. The van der Waals surface area contributed by atoms with E-state index in [1.165, 1.54) is 12.3 Å². The van der Waals surface area contributed by atoms with E-state index < -0.39 is 17.5 Å². The van der Waals surface area contributed by atoms with Gasteiger partial charge in [0.25, 0.3) is 17.7 Å². The lowest BCUT2D eigenvalue weighted by molar-refractivity contribution is 0.0127. The van der Waals surface area contributed by atoms with Gasteiger partial charge in [0.1, 0.15) is 18.0 Å². The minimum absolute atomic E-state index is 0.0839. The highest BCUT2D eigenvalue weighted by atomic mass is 19.3. The summed E-state index contributed by atoms with van der Waals surface area (Å²) in [5.74, 6) is -3.26. The van der Waals surface area contributed by atoms with Gasteiger partial charge in [0.05, 0.1) is 25.5 Å². The number of benzene rings is 1. The molecule has 1 aliphatic heterocycles. The van der Waals surface area contributed by atoms with Crippen molar-refractivity contribution in [3.63, 3.8) is 0 Å². The fourth-order valence-corrected chi connectivity index (χ4v) is 3.85. The predicted molar refractivity (Wildman–Crippen MR) is 134 cm³/mol. The van der Waals surface area contributed by atoms with Crippen molar-refractivity contribution in [2.24, 2.45) is 0 Å². The molecule has 0 aliphatic carbocycles. The van der Waals surface area contributed by atoms with Crippen LogP contribution in [0.25, 0.3) is 11.3 Å². The Morgan fingerprint density at radius 3 is 2.65 bits per heavy atom. The number of morpholine rings is 1. The monoisotopic (exact) mass is 513 g/mol. The molecule has 9 nitrogen and oxygen atoms in total. The van der Waals surface area contributed by atoms with Crippen LogP contribution in [0.15, 0.2) is 42.6 Å². The first-order chi connectivity index (χ1) is 17.8. The summed E-state index contributed by atoms with van der Waals surface area (Å²) in [6, 6.07) is 9.76. The van der Waals surface area contributed by atoms with E-state index in [0.717, 1.165) is 29.8 Å². The molecule has 4 rings (SSSR count). The molecule has 1 N–H and O–H groups in total. The lowest BCUT2D eigenvalue weighted by Crippen LogP contribution is -2.36. The average Bonchev–Trinajstić information content (AvgIpc) is 2.90. The second kappa shape index (κ2) is 11.6. The normalized spacial score (nSPS) is 13.9. The molecule has 0 bridgehead atoms. The van der Waals surface area contributed by atoms with Crippen molar-refractivity contribution in [1.29, 1.82) is 0 Å². The minimum atomic E-state index is -3.15. The van der Waals surface area contributed by atoms with Crippen LogP contribution in [0.5, 0.6) is 5.88 Å². The molecule has 3 aromatic rings. The number of methoxy groups -OCH3 is 1. The summed E-state index contributed by atoms with van der Waals surface area (Å²) in [7, 11) is 1.60. The summed E-state index contributed by atoms with van der Waals surface area (Å²) in [5.41, 5.74) is 3.18. The summed E-state index contributed by atoms with van der Waals surface area (Å²) >= 11 is 0. The largest absolute Gasteiger partial charge is 0.473 e. The zero-order chi connectivity index (χ0) is 26.4. The van der Waals surface area contributed by atoms with E-state index in [1.54, 1.807) is 19.2 Å². The van der Waals surface area contributed by atoms with Gasteiger partial charge in [-0.15, -0.1) is 10.2 Å². The van der Waals surface area contributed by atoms with Crippen molar-refractivity contribution >= 4 is 17.3 Å². The predicted octanol–water partition coefficient (Wildman–Crippen LogP) is 4.07. The maximum absolute atomic E-state index is 13.7. The fourth-order valence-electron chi connectivity index (χ4n) is 3.85. The fraction of sp³-hybridized carbons (Fsp3) is 0.385. The number of amides is 1. The molecular formula is C26H29F2N5O4. The van der Waals surface area contributed by atoms with Crippen LogP contribution in [0.1, 0.15) is 28.5 Å². The Bertz CT molecular complexity index is 1250. The van der Waals surface area contributed by atoms with Crippen molar-refractivity contribution in [3.8, 4) is 17.1 Å². The number of anilines is 2. The third-order valence-corrected chi connectivity index (χ3v) is 5.86. The van der Waals surface area contributed by atoms with Crippen molar-refractivity contribution in [1.82, 2.24) is 15.2 Å². The summed E-state index contributed by atoms with van der Waals surface area (Å²) in [6.07, 6.45) is 1.20. The second-order valence-corrected chi connectivity index (χ2v) is 8.66. The van der Waals surface area contributed by atoms with Crippen LogP contribution in [-0.2, 0) is 15.4 Å². The average molecular weight is 514 g/mol. The smallest absolute Gasteiger partial charge is 0.286 e. The first kappa shape index (κ1) is 26.4. The molecule has 2 aromatic heterocycles. The number of nitrogens with zero attached hydrogens (tertiary/aromatic N) is 4. The number of aromatic nitrogens is 3. The number of alkyl halides is 2. The van der Waals surface area contributed by atoms with Crippen LogP contribution < -0.4 is 15.0 Å². The zero-order valence-corrected chi connectivity index (χ0v) is 21.0. The molecule has 0 atom stereocenters. The van der Waals surface area contributed by atoms with Crippen LogP contribution in [-0.4, -0.2) is 67.7 Å². The molecule has 1 saturated heterocycles. The third-order valence-electron chi connectivity index (χ3n) is 5.86. The van der Waals surface area contributed by atoms with Gasteiger partial charge in [0, 0.05) is 50.1 Å². The van der Waals surface area contributed by atoms with Crippen molar-refractivity contribution in [2.75, 3.05) is 56.8 Å². The number of carbonyl (C=O) groups excluding carboxylic acids is 1. The first-order valence-electron chi connectivity index (χ1n) is 11.8. The van der Waals surface area contributed by atoms with Crippen LogP contribution >= 0.6 is 0 Å². The van der Waals surface area contributed by atoms with Gasteiger partial charge in [0.15, 0.2) is 0 Å². The molecular weight excluding hydrogens is 484 g/mol. The van der Waals surface area contributed by atoms with E-state index in [9.17, 15) is 13.6 Å². The van der Waals surface area contributed by atoms with E-state index in [2.05, 4.69) is 25.4 Å². The number of carbonyl (C=O) groups is 1. The number of hydrogen-bond donors (Lipinski definition) is 1. The van der Waals surface area contributed by atoms with E-state index in [0.29, 0.717) is 56.8 Å². The number of nitrogens with one attached hydrogen (secondary N) is 1. The van der Waals surface area contributed by atoms with Crippen molar-refractivity contribution < 1.29 is 27.8 Å². The number of halogens is 2. The molecule has 3 heterocycles. The Hall–Kier alpha value is -3.70. The van der Waals surface area contributed by atoms with Gasteiger partial charge in [-0.2, -0.15) is 8.78 Å². The molecule has 196 valence electrons. The SMILES string of the molecule is COCCOc1nnc(-c2cc(NC(=O)c3ccnc(C(C)(F)F)c3)ccc2C)cc1N1CCOCC1. The van der Waals surface area contributed by atoms with E-state index in [-0.39, 0.29) is 5.56 Å². The zero-order valence-electron chi connectivity index (χ0n) is 21.0. The van der Waals surface area contributed by atoms with Gasteiger partial charge < -0.3 is 24.4 Å². The number of aryl methyl sites for hydroxylation is 1. The number of rotatable bonds is 9. The summed E-state index contributed by atoms with van der Waals surface area (Å²) in [4.78, 5) is 18.6. The molecule has 1 aromatic carbocycles. The molecule has 0 spiro atoms. The number of ether oxygens (including phenoxy) is 3.